The van der Waals surface area contributed by atoms with Crippen molar-refractivity contribution in [2.24, 2.45) is 0 Å². The summed E-state index contributed by atoms with van der Waals surface area (Å²) in [5.74, 6) is 0.303. The summed E-state index contributed by atoms with van der Waals surface area (Å²) in [5.41, 5.74) is -0.281. The standard InChI is InChI=1S/C13H24N2O2/c1-3-13(7-4-8-14-13)12(16)15(9-10-17-2)11-5-6-11/h11,14H,3-10H2,1-2H3. The molecular weight excluding hydrogens is 216 g/mol. The van der Waals surface area contributed by atoms with E-state index in [2.05, 4.69) is 12.2 Å². The second-order valence-corrected chi connectivity index (χ2v) is 5.19. The summed E-state index contributed by atoms with van der Waals surface area (Å²) >= 11 is 0. The van der Waals surface area contributed by atoms with Gasteiger partial charge in [0.15, 0.2) is 0 Å². The Labute approximate surface area is 104 Å². The third-order valence-electron chi connectivity index (χ3n) is 4.04. The van der Waals surface area contributed by atoms with Gasteiger partial charge < -0.3 is 15.0 Å². The van der Waals surface area contributed by atoms with Crippen LogP contribution in [-0.4, -0.2) is 49.2 Å². The van der Waals surface area contributed by atoms with Crippen LogP contribution in [-0.2, 0) is 9.53 Å². The maximum absolute atomic E-state index is 12.7. The zero-order valence-corrected chi connectivity index (χ0v) is 11.0. The minimum Gasteiger partial charge on any atom is -0.383 e. The van der Waals surface area contributed by atoms with Gasteiger partial charge in [0.05, 0.1) is 12.1 Å². The van der Waals surface area contributed by atoms with Gasteiger partial charge in [-0.05, 0) is 38.6 Å². The Balaban J connectivity index is 2.03. The summed E-state index contributed by atoms with van der Waals surface area (Å²) in [6, 6.07) is 0.475. The first kappa shape index (κ1) is 12.8. The number of amides is 1. The van der Waals surface area contributed by atoms with E-state index >= 15 is 0 Å². The smallest absolute Gasteiger partial charge is 0.243 e. The van der Waals surface area contributed by atoms with Crippen molar-refractivity contribution in [3.8, 4) is 0 Å². The molecule has 1 N–H and O–H groups in total. The molecule has 2 fully saturated rings. The molecule has 2 rings (SSSR count). The number of rotatable bonds is 6. The Morgan fingerprint density at radius 2 is 2.29 bits per heavy atom. The molecule has 0 spiro atoms. The van der Waals surface area contributed by atoms with E-state index in [9.17, 15) is 4.79 Å². The van der Waals surface area contributed by atoms with Crippen molar-refractivity contribution in [1.29, 1.82) is 0 Å². The van der Waals surface area contributed by atoms with E-state index in [-0.39, 0.29) is 5.54 Å². The van der Waals surface area contributed by atoms with E-state index in [0.717, 1.165) is 45.2 Å². The van der Waals surface area contributed by atoms with Crippen LogP contribution in [0.5, 0.6) is 0 Å². The van der Waals surface area contributed by atoms with Crippen LogP contribution >= 0.6 is 0 Å². The molecule has 1 saturated heterocycles. The molecule has 0 bridgehead atoms. The van der Waals surface area contributed by atoms with Crippen LogP contribution in [0.1, 0.15) is 39.0 Å². The van der Waals surface area contributed by atoms with E-state index < -0.39 is 0 Å². The molecule has 0 aromatic heterocycles. The molecule has 1 aliphatic heterocycles. The maximum Gasteiger partial charge on any atom is 0.243 e. The van der Waals surface area contributed by atoms with Gasteiger partial charge in [-0.3, -0.25) is 4.79 Å². The highest BCUT2D eigenvalue weighted by molar-refractivity contribution is 5.87. The number of carbonyl (C=O) groups is 1. The first-order valence-electron chi connectivity index (χ1n) is 6.78. The van der Waals surface area contributed by atoms with Crippen molar-refractivity contribution in [3.63, 3.8) is 0 Å². The largest absolute Gasteiger partial charge is 0.383 e. The number of carbonyl (C=O) groups excluding carboxylic acids is 1. The van der Waals surface area contributed by atoms with Crippen LogP contribution in [0, 0.1) is 0 Å². The molecule has 1 heterocycles. The normalized spacial score (nSPS) is 28.4. The molecule has 98 valence electrons. The van der Waals surface area contributed by atoms with Crippen LogP contribution in [0.2, 0.25) is 0 Å². The molecule has 1 amide bonds. The molecule has 1 saturated carbocycles. The average molecular weight is 240 g/mol. The number of hydrogen-bond acceptors (Lipinski definition) is 3. The molecule has 0 radical (unpaired) electrons. The van der Waals surface area contributed by atoms with Crippen molar-refractivity contribution >= 4 is 5.91 Å². The zero-order chi connectivity index (χ0) is 12.3. The number of hydrogen-bond donors (Lipinski definition) is 1. The summed E-state index contributed by atoms with van der Waals surface area (Å²) in [6.45, 7) is 4.46. The van der Waals surface area contributed by atoms with Crippen LogP contribution in [0.4, 0.5) is 0 Å². The highest BCUT2D eigenvalue weighted by Gasteiger charge is 2.45. The molecule has 1 atom stereocenters. The Kier molecular flexibility index (Phi) is 4.05. The fourth-order valence-electron chi connectivity index (χ4n) is 2.74. The lowest BCUT2D eigenvalue weighted by atomic mass is 9.92. The van der Waals surface area contributed by atoms with Crippen molar-refractivity contribution in [2.75, 3.05) is 26.8 Å². The minimum atomic E-state index is -0.281. The van der Waals surface area contributed by atoms with Gasteiger partial charge in [-0.15, -0.1) is 0 Å². The van der Waals surface area contributed by atoms with Gasteiger partial charge in [0.25, 0.3) is 0 Å². The number of ether oxygens (including phenoxy) is 1. The minimum absolute atomic E-state index is 0.281. The second kappa shape index (κ2) is 5.36. The molecular formula is C13H24N2O2. The molecule has 4 heteroatoms. The summed E-state index contributed by atoms with van der Waals surface area (Å²) in [6.07, 6.45) is 5.31. The van der Waals surface area contributed by atoms with Gasteiger partial charge in [0, 0.05) is 19.7 Å². The highest BCUT2D eigenvalue weighted by Crippen LogP contribution is 2.32. The Hall–Kier alpha value is -0.610. The van der Waals surface area contributed by atoms with Gasteiger partial charge in [0.1, 0.15) is 0 Å². The SMILES string of the molecule is CCC1(C(=O)N(CCOC)C2CC2)CCCN1. The number of nitrogens with one attached hydrogen (secondary N) is 1. The van der Waals surface area contributed by atoms with Crippen LogP contribution in [0.15, 0.2) is 0 Å². The summed E-state index contributed by atoms with van der Waals surface area (Å²) < 4.78 is 5.12. The molecule has 0 aromatic rings. The van der Waals surface area contributed by atoms with E-state index in [1.807, 2.05) is 4.90 Å². The van der Waals surface area contributed by atoms with Crippen LogP contribution in [0.3, 0.4) is 0 Å². The zero-order valence-electron chi connectivity index (χ0n) is 11.0. The molecule has 0 aromatic carbocycles. The quantitative estimate of drug-likeness (QED) is 0.757. The molecule has 1 aliphatic carbocycles. The van der Waals surface area contributed by atoms with E-state index in [1.54, 1.807) is 7.11 Å². The van der Waals surface area contributed by atoms with Crippen LogP contribution in [0.25, 0.3) is 0 Å². The van der Waals surface area contributed by atoms with Gasteiger partial charge in [0.2, 0.25) is 5.91 Å². The Morgan fingerprint density at radius 1 is 1.53 bits per heavy atom. The topological polar surface area (TPSA) is 41.6 Å². The van der Waals surface area contributed by atoms with Crippen molar-refractivity contribution in [2.45, 2.75) is 50.6 Å². The predicted molar refractivity (Wildman–Crippen MR) is 66.9 cm³/mol. The maximum atomic E-state index is 12.7. The van der Waals surface area contributed by atoms with Gasteiger partial charge in [-0.2, -0.15) is 0 Å². The van der Waals surface area contributed by atoms with Crippen LogP contribution < -0.4 is 5.32 Å². The Morgan fingerprint density at radius 3 is 2.76 bits per heavy atom. The summed E-state index contributed by atoms with van der Waals surface area (Å²) in [7, 11) is 1.69. The predicted octanol–water partition coefficient (Wildman–Crippen LogP) is 1.16. The van der Waals surface area contributed by atoms with Gasteiger partial charge in [-0.25, -0.2) is 0 Å². The lowest BCUT2D eigenvalue weighted by Crippen LogP contribution is -2.55. The first-order chi connectivity index (χ1) is 8.23. The molecule has 2 aliphatic rings. The van der Waals surface area contributed by atoms with Crippen molar-refractivity contribution < 1.29 is 9.53 Å². The summed E-state index contributed by atoms with van der Waals surface area (Å²) in [5, 5.41) is 3.43. The fourth-order valence-corrected chi connectivity index (χ4v) is 2.74. The average Bonchev–Trinajstić information content (AvgIpc) is 3.07. The monoisotopic (exact) mass is 240 g/mol. The molecule has 1 unspecified atom stereocenters. The Bertz CT molecular complexity index is 271. The summed E-state index contributed by atoms with van der Waals surface area (Å²) in [4.78, 5) is 14.7. The third-order valence-corrected chi connectivity index (χ3v) is 4.04. The lowest BCUT2D eigenvalue weighted by Gasteiger charge is -2.34. The van der Waals surface area contributed by atoms with Gasteiger partial charge in [-0.1, -0.05) is 6.92 Å². The first-order valence-corrected chi connectivity index (χ1v) is 6.78. The molecule has 17 heavy (non-hydrogen) atoms. The number of methoxy groups -OCH3 is 1. The van der Waals surface area contributed by atoms with E-state index in [4.69, 9.17) is 4.74 Å². The highest BCUT2D eigenvalue weighted by atomic mass is 16.5. The van der Waals surface area contributed by atoms with Crippen molar-refractivity contribution in [1.82, 2.24) is 10.2 Å². The lowest BCUT2D eigenvalue weighted by molar-refractivity contribution is -0.139. The van der Waals surface area contributed by atoms with E-state index in [0.29, 0.717) is 18.6 Å². The van der Waals surface area contributed by atoms with Gasteiger partial charge >= 0.3 is 0 Å². The molecule has 4 nitrogen and oxygen atoms in total. The number of nitrogens with zero attached hydrogens (tertiary/aromatic N) is 1. The van der Waals surface area contributed by atoms with Crippen molar-refractivity contribution in [3.05, 3.63) is 0 Å². The fraction of sp³-hybridized carbons (Fsp3) is 0.923. The second-order valence-electron chi connectivity index (χ2n) is 5.19. The van der Waals surface area contributed by atoms with E-state index in [1.165, 1.54) is 0 Å². The third kappa shape index (κ3) is 2.63.